The van der Waals surface area contributed by atoms with Gasteiger partial charge in [-0.1, -0.05) is 0 Å². The minimum Gasteiger partial charge on any atom is -0.405 e. The van der Waals surface area contributed by atoms with Crippen LogP contribution in [0.5, 0.6) is 0 Å². The van der Waals surface area contributed by atoms with E-state index in [9.17, 15) is 4.39 Å². The van der Waals surface area contributed by atoms with Gasteiger partial charge >= 0.3 is 0 Å². The van der Waals surface area contributed by atoms with Crippen LogP contribution >= 0.6 is 0 Å². The molecule has 0 saturated carbocycles. The second kappa shape index (κ2) is 3.47. The van der Waals surface area contributed by atoms with Crippen LogP contribution in [-0.2, 0) is 0 Å². The Morgan fingerprint density at radius 1 is 1.80 bits per heavy atom. The van der Waals surface area contributed by atoms with Gasteiger partial charge in [0.1, 0.15) is 6.67 Å². The molecule has 0 amide bonds. The van der Waals surface area contributed by atoms with E-state index in [0.29, 0.717) is 0 Å². The van der Waals surface area contributed by atoms with Gasteiger partial charge in [-0.2, -0.15) is 0 Å². The van der Waals surface area contributed by atoms with Crippen LogP contribution in [0, 0.1) is 0 Å². The molecule has 0 aliphatic carbocycles. The number of nitrogens with two attached hydrogens (primary N) is 1. The number of hydrogen-bond acceptors (Lipinski definition) is 1. The SMILES string of the molecule is NC=CCF. The van der Waals surface area contributed by atoms with Crippen molar-refractivity contribution in [1.29, 1.82) is 0 Å². The van der Waals surface area contributed by atoms with Crippen molar-refractivity contribution in [2.24, 2.45) is 5.73 Å². The average molecular weight is 75.1 g/mol. The van der Waals surface area contributed by atoms with Crippen molar-refractivity contribution in [2.75, 3.05) is 6.67 Å². The maximum atomic E-state index is 10.8. The lowest BCUT2D eigenvalue weighted by Gasteiger charge is -1.63. The average Bonchev–Trinajstić information content (AvgIpc) is 1.41. The van der Waals surface area contributed by atoms with Crippen molar-refractivity contribution >= 4 is 0 Å². The van der Waals surface area contributed by atoms with Gasteiger partial charge in [0.15, 0.2) is 0 Å². The Balaban J connectivity index is 2.62. The van der Waals surface area contributed by atoms with E-state index >= 15 is 0 Å². The topological polar surface area (TPSA) is 26.0 Å². The van der Waals surface area contributed by atoms with Crippen LogP contribution in [0.15, 0.2) is 12.3 Å². The summed E-state index contributed by atoms with van der Waals surface area (Å²) in [6.07, 6.45) is 2.42. The summed E-state index contributed by atoms with van der Waals surface area (Å²) in [7, 11) is 0. The van der Waals surface area contributed by atoms with Gasteiger partial charge < -0.3 is 5.73 Å². The molecule has 2 N–H and O–H groups in total. The smallest absolute Gasteiger partial charge is 0.109 e. The Morgan fingerprint density at radius 3 is 2.40 bits per heavy atom. The summed E-state index contributed by atoms with van der Waals surface area (Å²) in [4.78, 5) is 0. The summed E-state index contributed by atoms with van der Waals surface area (Å²) in [5.74, 6) is 0. The number of alkyl halides is 1. The number of hydrogen-bond donors (Lipinski definition) is 1. The maximum absolute atomic E-state index is 10.8. The number of halogens is 1. The zero-order chi connectivity index (χ0) is 4.12. The van der Waals surface area contributed by atoms with Crippen molar-refractivity contribution in [1.82, 2.24) is 0 Å². The van der Waals surface area contributed by atoms with Crippen LogP contribution in [0.1, 0.15) is 0 Å². The molecule has 5 heavy (non-hydrogen) atoms. The van der Waals surface area contributed by atoms with Gasteiger partial charge in [0.25, 0.3) is 0 Å². The lowest BCUT2D eigenvalue weighted by Crippen LogP contribution is -1.74. The van der Waals surface area contributed by atoms with Gasteiger partial charge in [0, 0.05) is 0 Å². The summed E-state index contributed by atoms with van der Waals surface area (Å²) in [6, 6.07) is 0. The zero-order valence-electron chi connectivity index (χ0n) is 2.82. The minimum atomic E-state index is -0.462. The summed E-state index contributed by atoms with van der Waals surface area (Å²) in [5.41, 5.74) is 4.72. The molecule has 0 spiro atoms. The molecule has 30 valence electrons. The second-order valence-electron chi connectivity index (χ2n) is 0.582. The Morgan fingerprint density at radius 2 is 2.40 bits per heavy atom. The quantitative estimate of drug-likeness (QED) is 0.480. The van der Waals surface area contributed by atoms with Gasteiger partial charge in [-0.15, -0.1) is 0 Å². The number of allylic oxidation sites excluding steroid dienone is 1. The van der Waals surface area contributed by atoms with E-state index in [-0.39, 0.29) is 0 Å². The van der Waals surface area contributed by atoms with Crippen molar-refractivity contribution in [3.05, 3.63) is 12.3 Å². The standard InChI is InChI=1S/C3H6FN/c4-2-1-3-5/h1,3H,2,5H2. The van der Waals surface area contributed by atoms with E-state index in [0.717, 1.165) is 0 Å². The fraction of sp³-hybridized carbons (Fsp3) is 0.333. The lowest BCUT2D eigenvalue weighted by molar-refractivity contribution is 0.561. The van der Waals surface area contributed by atoms with Crippen LogP contribution in [-0.4, -0.2) is 6.67 Å². The van der Waals surface area contributed by atoms with E-state index < -0.39 is 6.67 Å². The van der Waals surface area contributed by atoms with Crippen LogP contribution in [0.25, 0.3) is 0 Å². The second-order valence-corrected chi connectivity index (χ2v) is 0.582. The molecular weight excluding hydrogens is 69.0 g/mol. The molecule has 0 bridgehead atoms. The molecule has 0 heterocycles. The highest BCUT2D eigenvalue weighted by molar-refractivity contribution is 4.73. The van der Waals surface area contributed by atoms with Gasteiger partial charge in [0.2, 0.25) is 0 Å². The molecule has 0 aromatic rings. The third-order valence-corrected chi connectivity index (χ3v) is 0.225. The third kappa shape index (κ3) is 3.47. The van der Waals surface area contributed by atoms with Crippen LogP contribution < -0.4 is 5.73 Å². The fourth-order valence-electron chi connectivity index (χ4n) is 0.0514. The van der Waals surface area contributed by atoms with E-state index in [2.05, 4.69) is 0 Å². The first kappa shape index (κ1) is 4.47. The highest BCUT2D eigenvalue weighted by Gasteiger charge is 1.56. The summed E-state index contributed by atoms with van der Waals surface area (Å²) in [6.45, 7) is -0.462. The molecule has 1 nitrogen and oxygen atoms in total. The first-order valence-electron chi connectivity index (χ1n) is 1.34. The van der Waals surface area contributed by atoms with Crippen molar-refractivity contribution in [2.45, 2.75) is 0 Å². The van der Waals surface area contributed by atoms with Crippen LogP contribution in [0.4, 0.5) is 4.39 Å². The van der Waals surface area contributed by atoms with E-state index in [1.807, 2.05) is 0 Å². The van der Waals surface area contributed by atoms with E-state index in [1.54, 1.807) is 0 Å². The highest BCUT2D eigenvalue weighted by Crippen LogP contribution is 1.62. The molecule has 0 aromatic carbocycles. The molecule has 0 fully saturated rings. The molecule has 2 heteroatoms. The normalized spacial score (nSPS) is 9.80. The molecule has 0 aliphatic rings. The van der Waals surface area contributed by atoms with Gasteiger partial charge in [0.05, 0.1) is 0 Å². The fourth-order valence-corrected chi connectivity index (χ4v) is 0.0514. The van der Waals surface area contributed by atoms with Gasteiger partial charge in [-0.05, 0) is 12.3 Å². The monoisotopic (exact) mass is 75.0 g/mol. The molecule has 0 aromatic heterocycles. The van der Waals surface area contributed by atoms with Crippen molar-refractivity contribution in [3.63, 3.8) is 0 Å². The molecule has 0 unspecified atom stereocenters. The number of rotatable bonds is 1. The molecular formula is C3H6FN. The van der Waals surface area contributed by atoms with Crippen molar-refractivity contribution < 1.29 is 4.39 Å². The predicted octanol–water partition coefficient (Wildman–Crippen LogP) is 0.428. The van der Waals surface area contributed by atoms with Crippen molar-refractivity contribution in [3.8, 4) is 0 Å². The van der Waals surface area contributed by atoms with E-state index in [4.69, 9.17) is 5.73 Å². The zero-order valence-corrected chi connectivity index (χ0v) is 2.82. The predicted molar refractivity (Wildman–Crippen MR) is 19.3 cm³/mol. The highest BCUT2D eigenvalue weighted by atomic mass is 19.1. The Labute approximate surface area is 30.3 Å². The van der Waals surface area contributed by atoms with Crippen LogP contribution in [0.2, 0.25) is 0 Å². The molecule has 0 atom stereocenters. The maximum Gasteiger partial charge on any atom is 0.109 e. The summed E-state index contributed by atoms with van der Waals surface area (Å²) < 4.78 is 10.8. The molecule has 0 aliphatic heterocycles. The largest absolute Gasteiger partial charge is 0.405 e. The molecule has 0 saturated heterocycles. The van der Waals surface area contributed by atoms with Gasteiger partial charge in [-0.25, -0.2) is 4.39 Å². The third-order valence-electron chi connectivity index (χ3n) is 0.225. The molecule has 0 radical (unpaired) electrons. The first-order valence-corrected chi connectivity index (χ1v) is 1.34. The molecule has 0 rings (SSSR count). The van der Waals surface area contributed by atoms with E-state index in [1.165, 1.54) is 12.3 Å². The summed E-state index contributed by atoms with van der Waals surface area (Å²) in [5, 5.41) is 0. The minimum absolute atomic E-state index is 0.462. The Bertz CT molecular complexity index is 33.9. The van der Waals surface area contributed by atoms with Gasteiger partial charge in [-0.3, -0.25) is 0 Å². The Kier molecular flexibility index (Phi) is 3.10. The van der Waals surface area contributed by atoms with Crippen LogP contribution in [0.3, 0.4) is 0 Å². The Hall–Kier alpha value is -0.530. The lowest BCUT2D eigenvalue weighted by atomic mass is 10.7. The first-order chi connectivity index (χ1) is 2.41. The summed E-state index contributed by atoms with van der Waals surface area (Å²) >= 11 is 0.